The Labute approximate surface area is 88.9 Å². The number of thiophene rings is 1. The van der Waals surface area contributed by atoms with Crippen LogP contribution < -0.4 is 5.32 Å². The molecule has 1 aliphatic rings. The summed E-state index contributed by atoms with van der Waals surface area (Å²) in [6.45, 7) is 0.441. The summed E-state index contributed by atoms with van der Waals surface area (Å²) in [6.07, 6.45) is 0.0591. The smallest absolute Gasteiger partial charge is 0.237 e. The first-order chi connectivity index (χ1) is 6.18. The lowest BCUT2D eigenvalue weighted by Crippen LogP contribution is -2.24. The van der Waals surface area contributed by atoms with E-state index in [0.717, 1.165) is 4.47 Å². The molecule has 1 saturated heterocycles. The van der Waals surface area contributed by atoms with E-state index in [4.69, 9.17) is 0 Å². The van der Waals surface area contributed by atoms with Gasteiger partial charge in [-0.25, -0.2) is 0 Å². The second kappa shape index (κ2) is 3.40. The molecule has 13 heavy (non-hydrogen) atoms. The fourth-order valence-electron chi connectivity index (χ4n) is 1.35. The van der Waals surface area contributed by atoms with Gasteiger partial charge in [0.1, 0.15) is 6.17 Å². The predicted octanol–water partition coefficient (Wildman–Crippen LogP) is 1.57. The zero-order valence-corrected chi connectivity index (χ0v) is 9.48. The average molecular weight is 261 g/mol. The first-order valence-corrected chi connectivity index (χ1v) is 5.59. The fraction of sp³-hybridized carbons (Fsp3) is 0.375. The zero-order valence-electron chi connectivity index (χ0n) is 7.08. The van der Waals surface area contributed by atoms with Gasteiger partial charge in [-0.1, -0.05) is 0 Å². The monoisotopic (exact) mass is 260 g/mol. The normalized spacial score (nSPS) is 22.8. The van der Waals surface area contributed by atoms with E-state index in [0.29, 0.717) is 6.54 Å². The highest BCUT2D eigenvalue weighted by molar-refractivity contribution is 9.10. The van der Waals surface area contributed by atoms with Crippen LogP contribution in [0.2, 0.25) is 0 Å². The number of carbonyl (C=O) groups is 1. The molecule has 3 nitrogen and oxygen atoms in total. The van der Waals surface area contributed by atoms with Gasteiger partial charge < -0.3 is 4.90 Å². The SMILES string of the molecule is CN1C(=O)CNC1c1cc(Br)cs1. The number of rotatable bonds is 1. The van der Waals surface area contributed by atoms with Crippen molar-refractivity contribution in [1.29, 1.82) is 0 Å². The molecule has 2 rings (SSSR count). The molecule has 0 spiro atoms. The summed E-state index contributed by atoms with van der Waals surface area (Å²) in [5.41, 5.74) is 0. The second-order valence-corrected chi connectivity index (χ2v) is 4.81. The number of hydrogen-bond donors (Lipinski definition) is 1. The Morgan fingerprint density at radius 3 is 3.00 bits per heavy atom. The summed E-state index contributed by atoms with van der Waals surface area (Å²) in [5, 5.41) is 5.17. The molecule has 1 aromatic heterocycles. The molecule has 70 valence electrons. The molecule has 2 heterocycles. The average Bonchev–Trinajstić information content (AvgIpc) is 2.62. The minimum atomic E-state index is 0.0591. The van der Waals surface area contributed by atoms with Crippen molar-refractivity contribution in [2.24, 2.45) is 0 Å². The fourth-order valence-corrected chi connectivity index (χ4v) is 2.91. The van der Waals surface area contributed by atoms with Crippen LogP contribution in [0.4, 0.5) is 0 Å². The van der Waals surface area contributed by atoms with Crippen molar-refractivity contribution in [3.05, 3.63) is 20.8 Å². The molecule has 0 aliphatic carbocycles. The summed E-state index contributed by atoms with van der Waals surface area (Å²) in [6, 6.07) is 2.04. The van der Waals surface area contributed by atoms with Crippen LogP contribution in [0.15, 0.2) is 15.9 Å². The van der Waals surface area contributed by atoms with Gasteiger partial charge in [-0.2, -0.15) is 0 Å². The third-order valence-electron chi connectivity index (χ3n) is 2.08. The maximum atomic E-state index is 11.2. The standard InChI is InChI=1S/C8H9BrN2OS/c1-11-7(12)3-10-8(11)6-2-5(9)4-13-6/h2,4,8,10H,3H2,1H3. The Balaban J connectivity index is 2.23. The van der Waals surface area contributed by atoms with E-state index in [1.807, 2.05) is 18.5 Å². The Morgan fingerprint density at radius 2 is 2.54 bits per heavy atom. The molecule has 1 fully saturated rings. The quantitative estimate of drug-likeness (QED) is 0.832. The molecular weight excluding hydrogens is 252 g/mol. The van der Waals surface area contributed by atoms with Gasteiger partial charge in [0.05, 0.1) is 6.54 Å². The Morgan fingerprint density at radius 1 is 1.77 bits per heavy atom. The number of carbonyl (C=O) groups excluding carboxylic acids is 1. The number of halogens is 1. The molecule has 1 unspecified atom stereocenters. The van der Waals surface area contributed by atoms with Crippen LogP contribution in [0.25, 0.3) is 0 Å². The molecular formula is C8H9BrN2OS. The van der Waals surface area contributed by atoms with Crippen LogP contribution >= 0.6 is 27.3 Å². The van der Waals surface area contributed by atoms with Gasteiger partial charge >= 0.3 is 0 Å². The zero-order chi connectivity index (χ0) is 9.42. The van der Waals surface area contributed by atoms with Gasteiger partial charge in [-0.15, -0.1) is 11.3 Å². The van der Waals surface area contributed by atoms with Crippen LogP contribution in [0, 0.1) is 0 Å². The van der Waals surface area contributed by atoms with Crippen molar-refractivity contribution in [1.82, 2.24) is 10.2 Å². The lowest BCUT2D eigenvalue weighted by Gasteiger charge is -2.17. The van der Waals surface area contributed by atoms with Crippen molar-refractivity contribution in [3.8, 4) is 0 Å². The summed E-state index contributed by atoms with van der Waals surface area (Å²) < 4.78 is 1.07. The molecule has 0 aromatic carbocycles. The van der Waals surface area contributed by atoms with Gasteiger partial charge in [-0.05, 0) is 22.0 Å². The Kier molecular flexibility index (Phi) is 2.40. The van der Waals surface area contributed by atoms with Gasteiger partial charge in [0.15, 0.2) is 0 Å². The van der Waals surface area contributed by atoms with Gasteiger partial charge in [-0.3, -0.25) is 10.1 Å². The van der Waals surface area contributed by atoms with Crippen molar-refractivity contribution in [3.63, 3.8) is 0 Å². The first kappa shape index (κ1) is 9.18. The molecule has 1 aromatic rings. The molecule has 0 radical (unpaired) electrons. The van der Waals surface area contributed by atoms with E-state index in [-0.39, 0.29) is 12.1 Å². The number of nitrogens with one attached hydrogen (secondary N) is 1. The predicted molar refractivity (Wildman–Crippen MR) is 55.5 cm³/mol. The third-order valence-corrected chi connectivity index (χ3v) is 3.83. The van der Waals surface area contributed by atoms with E-state index in [1.165, 1.54) is 4.88 Å². The van der Waals surface area contributed by atoms with Crippen LogP contribution in [0.1, 0.15) is 11.0 Å². The van der Waals surface area contributed by atoms with Crippen molar-refractivity contribution >= 4 is 33.2 Å². The number of likely N-dealkylation sites (N-methyl/N-ethyl adjacent to an activating group) is 1. The van der Waals surface area contributed by atoms with E-state index >= 15 is 0 Å². The maximum Gasteiger partial charge on any atom is 0.237 e. The summed E-state index contributed by atoms with van der Waals surface area (Å²) >= 11 is 5.04. The van der Waals surface area contributed by atoms with E-state index < -0.39 is 0 Å². The van der Waals surface area contributed by atoms with Crippen LogP contribution in [0.3, 0.4) is 0 Å². The van der Waals surface area contributed by atoms with E-state index in [1.54, 1.807) is 16.2 Å². The second-order valence-electron chi connectivity index (χ2n) is 2.96. The molecule has 1 atom stereocenters. The molecule has 1 aliphatic heterocycles. The van der Waals surface area contributed by atoms with Crippen LogP contribution in [0.5, 0.6) is 0 Å². The van der Waals surface area contributed by atoms with Crippen LogP contribution in [-0.2, 0) is 4.79 Å². The van der Waals surface area contributed by atoms with Gasteiger partial charge in [0.2, 0.25) is 5.91 Å². The van der Waals surface area contributed by atoms with Crippen molar-refractivity contribution in [2.45, 2.75) is 6.17 Å². The summed E-state index contributed by atoms with van der Waals surface area (Å²) in [5.74, 6) is 0.148. The number of hydrogen-bond acceptors (Lipinski definition) is 3. The highest BCUT2D eigenvalue weighted by atomic mass is 79.9. The maximum absolute atomic E-state index is 11.2. The molecule has 0 bridgehead atoms. The summed E-state index contributed by atoms with van der Waals surface area (Å²) in [7, 11) is 1.82. The lowest BCUT2D eigenvalue weighted by atomic mass is 10.4. The molecule has 1 N–H and O–H groups in total. The topological polar surface area (TPSA) is 32.3 Å². The Bertz CT molecular complexity index is 339. The lowest BCUT2D eigenvalue weighted by molar-refractivity contribution is -0.126. The molecule has 5 heteroatoms. The number of nitrogens with zero attached hydrogens (tertiary/aromatic N) is 1. The number of amides is 1. The molecule has 0 saturated carbocycles. The largest absolute Gasteiger partial charge is 0.324 e. The van der Waals surface area contributed by atoms with E-state index in [2.05, 4.69) is 21.2 Å². The van der Waals surface area contributed by atoms with E-state index in [9.17, 15) is 4.79 Å². The van der Waals surface area contributed by atoms with Gasteiger partial charge in [0.25, 0.3) is 0 Å². The minimum absolute atomic E-state index is 0.0591. The minimum Gasteiger partial charge on any atom is -0.324 e. The highest BCUT2D eigenvalue weighted by Gasteiger charge is 2.28. The van der Waals surface area contributed by atoms with Crippen molar-refractivity contribution < 1.29 is 4.79 Å². The Hall–Kier alpha value is -0.390. The molecule has 1 amide bonds. The van der Waals surface area contributed by atoms with Crippen LogP contribution in [-0.4, -0.2) is 24.4 Å². The summed E-state index contributed by atoms with van der Waals surface area (Å²) in [4.78, 5) is 14.1. The first-order valence-electron chi connectivity index (χ1n) is 3.91. The third kappa shape index (κ3) is 1.63. The van der Waals surface area contributed by atoms with Crippen molar-refractivity contribution in [2.75, 3.05) is 13.6 Å². The highest BCUT2D eigenvalue weighted by Crippen LogP contribution is 2.28. The van der Waals surface area contributed by atoms with Gasteiger partial charge in [0, 0.05) is 21.8 Å².